The van der Waals surface area contributed by atoms with Crippen LogP contribution in [0.4, 0.5) is 4.79 Å². The highest BCUT2D eigenvalue weighted by molar-refractivity contribution is 6.04. The second-order valence-electron chi connectivity index (χ2n) is 5.11. The standard InChI is InChI=1S/C16H13N5O2/c1-17-16(23)20-8-7-11-13-12(9-18-14(11)20)15(22)21(19-13)10-5-3-2-4-6-10/h2-9,19H,1H3,(H,17,23). The summed E-state index contributed by atoms with van der Waals surface area (Å²) in [5, 5.41) is 6.87. The number of rotatable bonds is 1. The average Bonchev–Trinajstić information content (AvgIpc) is 3.16. The largest absolute Gasteiger partial charge is 0.340 e. The summed E-state index contributed by atoms with van der Waals surface area (Å²) < 4.78 is 2.88. The van der Waals surface area contributed by atoms with Crippen molar-refractivity contribution in [1.29, 1.82) is 0 Å². The van der Waals surface area contributed by atoms with E-state index in [1.54, 1.807) is 19.3 Å². The van der Waals surface area contributed by atoms with Crippen molar-refractivity contribution in [2.45, 2.75) is 0 Å². The third-order valence-corrected chi connectivity index (χ3v) is 3.82. The number of aromatic nitrogens is 4. The quantitative estimate of drug-likeness (QED) is 0.563. The Hall–Kier alpha value is -3.35. The summed E-state index contributed by atoms with van der Waals surface area (Å²) in [6, 6.07) is 10.8. The number of benzene rings is 1. The number of hydrogen-bond acceptors (Lipinski definition) is 3. The molecule has 1 amide bonds. The molecule has 1 aromatic carbocycles. The van der Waals surface area contributed by atoms with Crippen LogP contribution in [0.3, 0.4) is 0 Å². The van der Waals surface area contributed by atoms with Gasteiger partial charge in [0.15, 0.2) is 0 Å². The first kappa shape index (κ1) is 13.3. The van der Waals surface area contributed by atoms with Crippen LogP contribution in [0, 0.1) is 0 Å². The molecule has 0 saturated heterocycles. The number of nitrogens with zero attached hydrogens (tertiary/aromatic N) is 3. The summed E-state index contributed by atoms with van der Waals surface area (Å²) in [5.74, 6) is 0. The minimum Gasteiger partial charge on any atom is -0.340 e. The lowest BCUT2D eigenvalue weighted by Crippen LogP contribution is -2.23. The van der Waals surface area contributed by atoms with Gasteiger partial charge < -0.3 is 5.32 Å². The van der Waals surface area contributed by atoms with E-state index in [1.165, 1.54) is 15.4 Å². The third-order valence-electron chi connectivity index (χ3n) is 3.82. The second kappa shape index (κ2) is 4.84. The fraction of sp³-hybridized carbons (Fsp3) is 0.0625. The van der Waals surface area contributed by atoms with Gasteiger partial charge in [0, 0.05) is 24.8 Å². The molecule has 0 saturated carbocycles. The number of amides is 1. The molecular weight excluding hydrogens is 294 g/mol. The van der Waals surface area contributed by atoms with Crippen LogP contribution < -0.4 is 10.9 Å². The molecule has 0 aliphatic carbocycles. The highest BCUT2D eigenvalue weighted by Crippen LogP contribution is 2.21. The Morgan fingerprint density at radius 2 is 1.96 bits per heavy atom. The lowest BCUT2D eigenvalue weighted by atomic mass is 10.2. The maximum absolute atomic E-state index is 12.6. The summed E-state index contributed by atoms with van der Waals surface area (Å²) in [7, 11) is 1.56. The van der Waals surface area contributed by atoms with Gasteiger partial charge in [-0.25, -0.2) is 14.5 Å². The molecule has 23 heavy (non-hydrogen) atoms. The fourth-order valence-electron chi connectivity index (χ4n) is 2.70. The van der Waals surface area contributed by atoms with Crippen LogP contribution in [0.15, 0.2) is 53.6 Å². The van der Waals surface area contributed by atoms with E-state index in [-0.39, 0.29) is 11.6 Å². The monoisotopic (exact) mass is 307 g/mol. The average molecular weight is 307 g/mol. The van der Waals surface area contributed by atoms with Crippen LogP contribution in [0.25, 0.3) is 27.6 Å². The zero-order chi connectivity index (χ0) is 16.0. The second-order valence-corrected chi connectivity index (χ2v) is 5.11. The molecule has 114 valence electrons. The van der Waals surface area contributed by atoms with Crippen molar-refractivity contribution in [2.24, 2.45) is 0 Å². The first-order chi connectivity index (χ1) is 11.2. The van der Waals surface area contributed by atoms with E-state index in [4.69, 9.17) is 0 Å². The van der Waals surface area contributed by atoms with Crippen LogP contribution in [0.5, 0.6) is 0 Å². The third kappa shape index (κ3) is 1.87. The molecule has 4 rings (SSSR count). The molecule has 0 unspecified atom stereocenters. The molecule has 7 nitrogen and oxygen atoms in total. The van der Waals surface area contributed by atoms with Crippen molar-refractivity contribution in [3.63, 3.8) is 0 Å². The number of H-pyrrole nitrogens is 1. The van der Waals surface area contributed by atoms with E-state index in [1.807, 2.05) is 30.3 Å². The SMILES string of the molecule is CNC(=O)n1ccc2c3[nH]n(-c4ccccc4)c(=O)c3cnc21. The summed E-state index contributed by atoms with van der Waals surface area (Å²) >= 11 is 0. The summed E-state index contributed by atoms with van der Waals surface area (Å²) in [6.07, 6.45) is 3.13. The molecular formula is C16H13N5O2. The Labute approximate surface area is 130 Å². The number of carbonyl (C=O) groups excluding carboxylic acids is 1. The number of fused-ring (bicyclic) bond motifs is 3. The Kier molecular flexibility index (Phi) is 2.80. The van der Waals surface area contributed by atoms with E-state index in [0.717, 1.165) is 11.1 Å². The highest BCUT2D eigenvalue weighted by Gasteiger charge is 2.15. The van der Waals surface area contributed by atoms with Crippen LogP contribution in [0.2, 0.25) is 0 Å². The van der Waals surface area contributed by atoms with Gasteiger partial charge in [-0.05, 0) is 18.2 Å². The number of pyridine rings is 1. The van der Waals surface area contributed by atoms with Gasteiger partial charge in [-0.3, -0.25) is 14.5 Å². The fourth-order valence-corrected chi connectivity index (χ4v) is 2.70. The van der Waals surface area contributed by atoms with Crippen LogP contribution in [0.1, 0.15) is 0 Å². The van der Waals surface area contributed by atoms with Crippen LogP contribution in [-0.4, -0.2) is 32.4 Å². The lowest BCUT2D eigenvalue weighted by molar-refractivity contribution is 0.245. The van der Waals surface area contributed by atoms with Gasteiger partial charge in [-0.1, -0.05) is 18.2 Å². The Morgan fingerprint density at radius 3 is 2.70 bits per heavy atom. The first-order valence-corrected chi connectivity index (χ1v) is 7.09. The van der Waals surface area contributed by atoms with Gasteiger partial charge >= 0.3 is 6.03 Å². The minimum atomic E-state index is -0.281. The Balaban J connectivity index is 2.03. The zero-order valence-electron chi connectivity index (χ0n) is 12.3. The van der Waals surface area contributed by atoms with Crippen molar-refractivity contribution in [2.75, 3.05) is 7.05 Å². The summed E-state index contributed by atoms with van der Waals surface area (Å²) in [6.45, 7) is 0. The topological polar surface area (TPSA) is 84.7 Å². The first-order valence-electron chi connectivity index (χ1n) is 7.09. The van der Waals surface area contributed by atoms with Crippen molar-refractivity contribution >= 4 is 28.0 Å². The molecule has 0 aliphatic heterocycles. The predicted molar refractivity (Wildman–Crippen MR) is 87.0 cm³/mol. The van der Waals surface area contributed by atoms with Gasteiger partial charge in [0.1, 0.15) is 5.65 Å². The van der Waals surface area contributed by atoms with Crippen molar-refractivity contribution < 1.29 is 4.79 Å². The van der Waals surface area contributed by atoms with Gasteiger partial charge in [0.25, 0.3) is 5.56 Å². The molecule has 0 aliphatic rings. The molecule has 4 aromatic rings. The summed E-state index contributed by atoms with van der Waals surface area (Å²) in [5.41, 5.74) is 1.73. The lowest BCUT2D eigenvalue weighted by Gasteiger charge is -2.01. The van der Waals surface area contributed by atoms with Crippen molar-refractivity contribution in [3.05, 3.63) is 59.1 Å². The van der Waals surface area contributed by atoms with E-state index < -0.39 is 0 Å². The normalized spacial score (nSPS) is 11.2. The number of hydrogen-bond donors (Lipinski definition) is 2. The van der Waals surface area contributed by atoms with Crippen molar-refractivity contribution in [1.82, 2.24) is 24.6 Å². The minimum absolute atomic E-state index is 0.173. The number of nitrogens with one attached hydrogen (secondary N) is 2. The molecule has 0 radical (unpaired) electrons. The number of carbonyl (C=O) groups is 1. The molecule has 3 aromatic heterocycles. The van der Waals surface area contributed by atoms with Crippen LogP contribution >= 0.6 is 0 Å². The molecule has 3 heterocycles. The van der Waals surface area contributed by atoms with Gasteiger partial charge in [0.05, 0.1) is 16.6 Å². The summed E-state index contributed by atoms with van der Waals surface area (Å²) in [4.78, 5) is 28.7. The Bertz CT molecular complexity index is 1090. The molecule has 0 bridgehead atoms. The number of aromatic amines is 1. The molecule has 7 heteroatoms. The van der Waals surface area contributed by atoms with Gasteiger partial charge in [-0.15, -0.1) is 0 Å². The van der Waals surface area contributed by atoms with Gasteiger partial charge in [0.2, 0.25) is 0 Å². The molecule has 0 spiro atoms. The zero-order valence-corrected chi connectivity index (χ0v) is 12.3. The molecule has 0 fully saturated rings. The smallest absolute Gasteiger partial charge is 0.326 e. The maximum atomic E-state index is 12.6. The predicted octanol–water partition coefficient (Wildman–Crippen LogP) is 1.86. The Morgan fingerprint density at radius 1 is 1.17 bits per heavy atom. The molecule has 2 N–H and O–H groups in total. The maximum Gasteiger partial charge on any atom is 0.326 e. The van der Waals surface area contributed by atoms with Crippen LogP contribution in [-0.2, 0) is 0 Å². The van der Waals surface area contributed by atoms with Gasteiger partial charge in [-0.2, -0.15) is 0 Å². The van der Waals surface area contributed by atoms with E-state index >= 15 is 0 Å². The number of para-hydroxylation sites is 1. The van der Waals surface area contributed by atoms with E-state index in [9.17, 15) is 9.59 Å². The highest BCUT2D eigenvalue weighted by atomic mass is 16.2. The van der Waals surface area contributed by atoms with E-state index in [2.05, 4.69) is 15.4 Å². The molecule has 0 atom stereocenters. The van der Waals surface area contributed by atoms with Crippen molar-refractivity contribution in [3.8, 4) is 5.69 Å². The van der Waals surface area contributed by atoms with E-state index in [0.29, 0.717) is 16.6 Å².